The lowest BCUT2D eigenvalue weighted by Gasteiger charge is -2.21. The van der Waals surface area contributed by atoms with Gasteiger partial charge in [-0.25, -0.2) is 4.79 Å². The first-order chi connectivity index (χ1) is 5.86. The van der Waals surface area contributed by atoms with Gasteiger partial charge in [0.2, 0.25) is 0 Å². The van der Waals surface area contributed by atoms with Crippen LogP contribution in [-0.2, 0) is 14.3 Å². The molecule has 3 heteroatoms. The molecule has 0 N–H and O–H groups in total. The van der Waals surface area contributed by atoms with E-state index >= 15 is 0 Å². The van der Waals surface area contributed by atoms with Gasteiger partial charge in [-0.3, -0.25) is 0 Å². The fraction of sp³-hybridized carbons (Fsp3) is 0.889. The summed E-state index contributed by atoms with van der Waals surface area (Å²) < 4.78 is 10.1. The zero-order valence-electron chi connectivity index (χ0n) is 7.12. The van der Waals surface area contributed by atoms with Crippen LogP contribution in [0.1, 0.15) is 32.1 Å². The zero-order valence-corrected chi connectivity index (χ0v) is 7.12. The van der Waals surface area contributed by atoms with E-state index in [0.29, 0.717) is 6.61 Å². The molecule has 0 radical (unpaired) electrons. The van der Waals surface area contributed by atoms with Gasteiger partial charge in [-0.2, -0.15) is 0 Å². The Morgan fingerprint density at radius 1 is 1.25 bits per heavy atom. The number of esters is 1. The molecular weight excluding hydrogens is 156 g/mol. The van der Waals surface area contributed by atoms with Crippen molar-refractivity contribution in [1.82, 2.24) is 0 Å². The molecule has 0 aromatic rings. The van der Waals surface area contributed by atoms with Crippen molar-refractivity contribution in [3.8, 4) is 0 Å². The fourth-order valence-corrected chi connectivity index (χ4v) is 1.61. The highest BCUT2D eigenvalue weighted by Crippen LogP contribution is 2.22. The van der Waals surface area contributed by atoms with Crippen molar-refractivity contribution in [2.45, 2.75) is 44.3 Å². The van der Waals surface area contributed by atoms with E-state index in [1.54, 1.807) is 0 Å². The Balaban J connectivity index is 1.73. The maximum absolute atomic E-state index is 11.1. The van der Waals surface area contributed by atoms with Crippen LogP contribution in [0.5, 0.6) is 0 Å². The van der Waals surface area contributed by atoms with Gasteiger partial charge in [0.05, 0.1) is 6.61 Å². The molecule has 1 heterocycles. The van der Waals surface area contributed by atoms with E-state index in [4.69, 9.17) is 9.47 Å². The molecule has 0 aromatic heterocycles. The van der Waals surface area contributed by atoms with E-state index in [0.717, 1.165) is 12.8 Å². The van der Waals surface area contributed by atoms with Crippen LogP contribution in [0.15, 0.2) is 0 Å². The Hall–Kier alpha value is -0.570. The maximum Gasteiger partial charge on any atom is 0.337 e. The van der Waals surface area contributed by atoms with Gasteiger partial charge in [-0.1, -0.05) is 6.42 Å². The van der Waals surface area contributed by atoms with Gasteiger partial charge >= 0.3 is 5.97 Å². The van der Waals surface area contributed by atoms with Crippen LogP contribution in [0.3, 0.4) is 0 Å². The number of epoxide rings is 1. The molecule has 2 rings (SSSR count). The topological polar surface area (TPSA) is 38.8 Å². The predicted octanol–water partition coefficient (Wildman–Crippen LogP) is 1.26. The Morgan fingerprint density at radius 2 is 1.92 bits per heavy atom. The molecule has 1 unspecified atom stereocenters. The van der Waals surface area contributed by atoms with Crippen molar-refractivity contribution in [3.63, 3.8) is 0 Å². The number of rotatable bonds is 2. The molecule has 0 aromatic carbocycles. The number of hydrogen-bond acceptors (Lipinski definition) is 3. The highest BCUT2D eigenvalue weighted by molar-refractivity contribution is 5.77. The Labute approximate surface area is 72.0 Å². The molecule has 1 aliphatic heterocycles. The molecule has 2 aliphatic rings. The zero-order chi connectivity index (χ0) is 8.39. The summed E-state index contributed by atoms with van der Waals surface area (Å²) in [6.07, 6.45) is 5.71. The van der Waals surface area contributed by atoms with E-state index in [2.05, 4.69) is 0 Å². The van der Waals surface area contributed by atoms with Gasteiger partial charge < -0.3 is 9.47 Å². The van der Waals surface area contributed by atoms with Crippen molar-refractivity contribution in [3.05, 3.63) is 0 Å². The normalized spacial score (nSPS) is 29.8. The largest absolute Gasteiger partial charge is 0.460 e. The van der Waals surface area contributed by atoms with Crippen LogP contribution in [-0.4, -0.2) is 24.8 Å². The van der Waals surface area contributed by atoms with Crippen LogP contribution < -0.4 is 0 Å². The molecule has 1 atom stereocenters. The summed E-state index contributed by atoms with van der Waals surface area (Å²) in [7, 11) is 0. The van der Waals surface area contributed by atoms with Gasteiger partial charge in [0.15, 0.2) is 6.10 Å². The van der Waals surface area contributed by atoms with Crippen molar-refractivity contribution in [2.24, 2.45) is 0 Å². The highest BCUT2D eigenvalue weighted by Gasteiger charge is 2.34. The molecule has 12 heavy (non-hydrogen) atoms. The molecule has 68 valence electrons. The maximum atomic E-state index is 11.1. The van der Waals surface area contributed by atoms with Crippen molar-refractivity contribution in [1.29, 1.82) is 0 Å². The molecule has 3 nitrogen and oxygen atoms in total. The molecule has 0 amide bonds. The SMILES string of the molecule is O=C(OC1CCCCC1)C1CO1. The minimum Gasteiger partial charge on any atom is -0.460 e. The number of carbonyl (C=O) groups is 1. The third-order valence-electron chi connectivity index (χ3n) is 2.43. The van der Waals surface area contributed by atoms with E-state index in [1.807, 2.05) is 0 Å². The highest BCUT2D eigenvalue weighted by atomic mass is 16.6. The minimum absolute atomic E-state index is 0.151. The van der Waals surface area contributed by atoms with Gasteiger partial charge in [0, 0.05) is 0 Å². The van der Waals surface area contributed by atoms with Crippen LogP contribution in [0.4, 0.5) is 0 Å². The summed E-state index contributed by atoms with van der Waals surface area (Å²) in [5.41, 5.74) is 0. The van der Waals surface area contributed by atoms with Crippen molar-refractivity contribution < 1.29 is 14.3 Å². The summed E-state index contributed by atoms with van der Waals surface area (Å²) in [4.78, 5) is 11.1. The van der Waals surface area contributed by atoms with E-state index < -0.39 is 0 Å². The summed E-state index contributed by atoms with van der Waals surface area (Å²) >= 11 is 0. The molecule has 1 saturated heterocycles. The molecular formula is C9H14O3. The van der Waals surface area contributed by atoms with Crippen molar-refractivity contribution in [2.75, 3.05) is 6.61 Å². The van der Waals surface area contributed by atoms with Gasteiger partial charge in [0.1, 0.15) is 6.10 Å². The van der Waals surface area contributed by atoms with Crippen molar-refractivity contribution >= 4 is 5.97 Å². The van der Waals surface area contributed by atoms with Crippen LogP contribution >= 0.6 is 0 Å². The smallest absolute Gasteiger partial charge is 0.337 e. The van der Waals surface area contributed by atoms with E-state index in [9.17, 15) is 4.79 Å². The predicted molar refractivity (Wildman–Crippen MR) is 42.7 cm³/mol. The lowest BCUT2D eigenvalue weighted by Crippen LogP contribution is -2.23. The first-order valence-corrected chi connectivity index (χ1v) is 4.68. The fourth-order valence-electron chi connectivity index (χ4n) is 1.61. The second-order valence-corrected chi connectivity index (χ2v) is 3.52. The molecule has 0 spiro atoms. The third kappa shape index (κ3) is 1.97. The summed E-state index contributed by atoms with van der Waals surface area (Å²) in [6.45, 7) is 0.561. The number of carbonyl (C=O) groups excluding carboxylic acids is 1. The van der Waals surface area contributed by atoms with Gasteiger partial charge in [-0.15, -0.1) is 0 Å². The van der Waals surface area contributed by atoms with Crippen LogP contribution in [0.2, 0.25) is 0 Å². The standard InChI is InChI=1S/C9H14O3/c10-9(8-6-11-8)12-7-4-2-1-3-5-7/h7-8H,1-6H2. The second kappa shape index (κ2) is 3.44. The number of ether oxygens (including phenoxy) is 2. The average Bonchev–Trinajstić information content (AvgIpc) is 2.88. The quantitative estimate of drug-likeness (QED) is 0.462. The summed E-state index contributed by atoms with van der Waals surface area (Å²) in [6, 6.07) is 0. The first kappa shape index (κ1) is 8.05. The lowest BCUT2D eigenvalue weighted by molar-refractivity contribution is -0.151. The number of hydrogen-bond donors (Lipinski definition) is 0. The van der Waals surface area contributed by atoms with Gasteiger partial charge in [0.25, 0.3) is 0 Å². The van der Waals surface area contributed by atoms with Gasteiger partial charge in [-0.05, 0) is 25.7 Å². The Morgan fingerprint density at radius 3 is 2.50 bits per heavy atom. The summed E-state index contributed by atoms with van der Waals surface area (Å²) in [5.74, 6) is -0.151. The van der Waals surface area contributed by atoms with E-state index in [1.165, 1.54) is 19.3 Å². The average molecular weight is 170 g/mol. The Kier molecular flexibility index (Phi) is 2.30. The lowest BCUT2D eigenvalue weighted by atomic mass is 9.98. The van der Waals surface area contributed by atoms with Crippen LogP contribution in [0, 0.1) is 0 Å². The summed E-state index contributed by atoms with van der Waals surface area (Å²) in [5, 5.41) is 0. The van der Waals surface area contributed by atoms with E-state index in [-0.39, 0.29) is 18.2 Å². The molecule has 1 saturated carbocycles. The minimum atomic E-state index is -0.230. The molecule has 1 aliphatic carbocycles. The molecule has 0 bridgehead atoms. The molecule has 2 fully saturated rings. The third-order valence-corrected chi connectivity index (χ3v) is 2.43. The second-order valence-electron chi connectivity index (χ2n) is 3.52. The first-order valence-electron chi connectivity index (χ1n) is 4.68. The monoisotopic (exact) mass is 170 g/mol. The van der Waals surface area contributed by atoms with Crippen LogP contribution in [0.25, 0.3) is 0 Å². The Bertz CT molecular complexity index is 169.